The number of rotatable bonds is 7. The molecule has 1 aromatic rings. The Kier molecular flexibility index (Phi) is 6.68. The molecule has 4 nitrogen and oxygen atoms in total. The molecule has 4 N–H and O–H groups in total. The third-order valence-electron chi connectivity index (χ3n) is 3.02. The van der Waals surface area contributed by atoms with Crippen LogP contribution in [0.5, 0.6) is 0 Å². The average Bonchev–Trinajstić information content (AvgIpc) is 2.41. The molecule has 1 unspecified atom stereocenters. The number of anilines is 1. The smallest absolute Gasteiger partial charge is 0.244 e. The molecule has 1 rings (SSSR count). The first-order valence-electron chi connectivity index (χ1n) is 6.58. The molecule has 19 heavy (non-hydrogen) atoms. The van der Waals surface area contributed by atoms with Gasteiger partial charge in [0.15, 0.2) is 0 Å². The maximum Gasteiger partial charge on any atom is 0.244 e. The van der Waals surface area contributed by atoms with Crippen molar-refractivity contribution in [3.8, 4) is 0 Å². The number of amides is 1. The Bertz CT molecular complexity index is 430. The van der Waals surface area contributed by atoms with Gasteiger partial charge in [0, 0.05) is 24.9 Å². The number of aliphatic hydroxyl groups is 1. The van der Waals surface area contributed by atoms with E-state index in [2.05, 4.69) is 12.2 Å². The maximum atomic E-state index is 11.6. The van der Waals surface area contributed by atoms with Crippen molar-refractivity contribution in [2.45, 2.75) is 19.8 Å². The molecule has 0 saturated heterocycles. The number of nitrogens with two attached hydrogens (primary N) is 1. The SMILES string of the molecule is CCC(CCO)CNC(=O)/C=C/c1cccc(N)c1. The Morgan fingerprint density at radius 1 is 1.53 bits per heavy atom. The van der Waals surface area contributed by atoms with Gasteiger partial charge in [-0.1, -0.05) is 25.5 Å². The lowest BCUT2D eigenvalue weighted by molar-refractivity contribution is -0.116. The molecule has 0 heterocycles. The first-order valence-corrected chi connectivity index (χ1v) is 6.58. The van der Waals surface area contributed by atoms with E-state index >= 15 is 0 Å². The fraction of sp³-hybridized carbons (Fsp3) is 0.400. The molecular weight excluding hydrogens is 240 g/mol. The lowest BCUT2D eigenvalue weighted by atomic mass is 10.0. The summed E-state index contributed by atoms with van der Waals surface area (Å²) in [5.41, 5.74) is 7.23. The molecule has 0 aromatic heterocycles. The standard InChI is InChI=1S/C15H22N2O2/c1-2-12(8-9-18)11-17-15(19)7-6-13-4-3-5-14(16)10-13/h3-7,10,12,18H,2,8-9,11,16H2,1H3,(H,17,19)/b7-6+. The van der Waals surface area contributed by atoms with E-state index in [9.17, 15) is 4.79 Å². The first kappa shape index (κ1) is 15.2. The minimum Gasteiger partial charge on any atom is -0.399 e. The fourth-order valence-corrected chi connectivity index (χ4v) is 1.77. The molecule has 0 aliphatic carbocycles. The van der Waals surface area contributed by atoms with Crippen molar-refractivity contribution in [2.24, 2.45) is 5.92 Å². The Labute approximate surface area is 114 Å². The van der Waals surface area contributed by atoms with Crippen molar-refractivity contribution in [3.63, 3.8) is 0 Å². The van der Waals surface area contributed by atoms with Crippen molar-refractivity contribution in [3.05, 3.63) is 35.9 Å². The van der Waals surface area contributed by atoms with Crippen molar-refractivity contribution in [1.82, 2.24) is 5.32 Å². The van der Waals surface area contributed by atoms with Crippen LogP contribution in [0, 0.1) is 5.92 Å². The van der Waals surface area contributed by atoms with Gasteiger partial charge in [-0.05, 0) is 36.1 Å². The van der Waals surface area contributed by atoms with Crippen LogP contribution in [0.1, 0.15) is 25.3 Å². The zero-order chi connectivity index (χ0) is 14.1. The number of benzene rings is 1. The van der Waals surface area contributed by atoms with Crippen LogP contribution in [0.25, 0.3) is 6.08 Å². The molecule has 0 saturated carbocycles. The van der Waals surface area contributed by atoms with E-state index < -0.39 is 0 Å². The summed E-state index contributed by atoms with van der Waals surface area (Å²) < 4.78 is 0. The number of hydrogen-bond donors (Lipinski definition) is 3. The quantitative estimate of drug-likeness (QED) is 0.518. The van der Waals surface area contributed by atoms with E-state index in [1.54, 1.807) is 12.1 Å². The Balaban J connectivity index is 2.42. The van der Waals surface area contributed by atoms with Crippen LogP contribution in [-0.2, 0) is 4.79 Å². The predicted molar refractivity (Wildman–Crippen MR) is 78.4 cm³/mol. The molecule has 0 aliphatic heterocycles. The van der Waals surface area contributed by atoms with Crippen LogP contribution in [0.3, 0.4) is 0 Å². The molecule has 104 valence electrons. The van der Waals surface area contributed by atoms with E-state index in [4.69, 9.17) is 10.8 Å². The largest absolute Gasteiger partial charge is 0.399 e. The highest BCUT2D eigenvalue weighted by Gasteiger charge is 2.06. The highest BCUT2D eigenvalue weighted by molar-refractivity contribution is 5.91. The maximum absolute atomic E-state index is 11.6. The second kappa shape index (κ2) is 8.32. The molecule has 0 spiro atoms. The summed E-state index contributed by atoms with van der Waals surface area (Å²) in [4.78, 5) is 11.6. The lowest BCUT2D eigenvalue weighted by Gasteiger charge is -2.13. The van der Waals surface area contributed by atoms with E-state index in [-0.39, 0.29) is 12.5 Å². The molecule has 0 bridgehead atoms. The summed E-state index contributed by atoms with van der Waals surface area (Å²) in [6.45, 7) is 2.81. The van der Waals surface area contributed by atoms with Gasteiger partial charge in [-0.3, -0.25) is 4.79 Å². The van der Waals surface area contributed by atoms with Crippen LogP contribution in [0.4, 0.5) is 5.69 Å². The Morgan fingerprint density at radius 3 is 2.95 bits per heavy atom. The molecular formula is C15H22N2O2. The number of nitrogen functional groups attached to an aromatic ring is 1. The number of hydrogen-bond acceptors (Lipinski definition) is 3. The van der Waals surface area contributed by atoms with Crippen LogP contribution < -0.4 is 11.1 Å². The van der Waals surface area contributed by atoms with Crippen molar-refractivity contribution in [2.75, 3.05) is 18.9 Å². The van der Waals surface area contributed by atoms with Crippen LogP contribution in [-0.4, -0.2) is 24.2 Å². The van der Waals surface area contributed by atoms with Crippen molar-refractivity contribution in [1.29, 1.82) is 0 Å². The Hall–Kier alpha value is -1.81. The second-order valence-corrected chi connectivity index (χ2v) is 4.54. The van der Waals surface area contributed by atoms with E-state index in [1.165, 1.54) is 6.08 Å². The first-order chi connectivity index (χ1) is 9.15. The minimum absolute atomic E-state index is 0.126. The summed E-state index contributed by atoms with van der Waals surface area (Å²) in [5.74, 6) is 0.202. The van der Waals surface area contributed by atoms with Crippen LogP contribution >= 0.6 is 0 Å². The second-order valence-electron chi connectivity index (χ2n) is 4.54. The molecule has 1 atom stereocenters. The third-order valence-corrected chi connectivity index (χ3v) is 3.02. The monoisotopic (exact) mass is 262 g/mol. The molecule has 0 radical (unpaired) electrons. The predicted octanol–water partition coefficient (Wildman–Crippen LogP) is 1.81. The lowest BCUT2D eigenvalue weighted by Crippen LogP contribution is -2.28. The molecule has 1 amide bonds. The van der Waals surface area contributed by atoms with Gasteiger partial charge in [-0.25, -0.2) is 0 Å². The van der Waals surface area contributed by atoms with Crippen molar-refractivity contribution >= 4 is 17.7 Å². The zero-order valence-corrected chi connectivity index (χ0v) is 11.3. The number of carbonyl (C=O) groups is 1. The molecule has 1 aromatic carbocycles. The van der Waals surface area contributed by atoms with Gasteiger partial charge in [0.25, 0.3) is 0 Å². The Morgan fingerprint density at radius 2 is 2.32 bits per heavy atom. The van der Waals surface area contributed by atoms with E-state index in [0.29, 0.717) is 18.2 Å². The van der Waals surface area contributed by atoms with Crippen LogP contribution in [0.2, 0.25) is 0 Å². The summed E-state index contributed by atoms with van der Waals surface area (Å²) in [7, 11) is 0. The van der Waals surface area contributed by atoms with Gasteiger partial charge in [-0.15, -0.1) is 0 Å². The van der Waals surface area contributed by atoms with Crippen molar-refractivity contribution < 1.29 is 9.90 Å². The summed E-state index contributed by atoms with van der Waals surface area (Å²) >= 11 is 0. The van der Waals surface area contributed by atoms with E-state index in [1.807, 2.05) is 18.2 Å². The van der Waals surface area contributed by atoms with Gasteiger partial charge >= 0.3 is 0 Å². The number of carbonyl (C=O) groups excluding carboxylic acids is 1. The summed E-state index contributed by atoms with van der Waals surface area (Å²) in [6.07, 6.45) is 4.90. The molecule has 0 fully saturated rings. The topological polar surface area (TPSA) is 75.3 Å². The van der Waals surface area contributed by atoms with E-state index in [0.717, 1.165) is 18.4 Å². The molecule has 0 aliphatic rings. The van der Waals surface area contributed by atoms with Crippen LogP contribution in [0.15, 0.2) is 30.3 Å². The number of nitrogens with one attached hydrogen (secondary N) is 1. The minimum atomic E-state index is -0.126. The normalized spacial score (nSPS) is 12.5. The summed E-state index contributed by atoms with van der Waals surface area (Å²) in [6, 6.07) is 7.35. The summed E-state index contributed by atoms with van der Waals surface area (Å²) in [5, 5.41) is 11.7. The van der Waals surface area contributed by atoms with Gasteiger partial charge in [-0.2, -0.15) is 0 Å². The average molecular weight is 262 g/mol. The highest BCUT2D eigenvalue weighted by Crippen LogP contribution is 2.08. The van der Waals surface area contributed by atoms with Gasteiger partial charge in [0.1, 0.15) is 0 Å². The zero-order valence-electron chi connectivity index (χ0n) is 11.3. The van der Waals surface area contributed by atoms with Gasteiger partial charge < -0.3 is 16.2 Å². The van der Waals surface area contributed by atoms with Gasteiger partial charge in [0.05, 0.1) is 0 Å². The fourth-order valence-electron chi connectivity index (χ4n) is 1.77. The third kappa shape index (κ3) is 6.06. The van der Waals surface area contributed by atoms with Gasteiger partial charge in [0.2, 0.25) is 5.91 Å². The number of aliphatic hydroxyl groups excluding tert-OH is 1. The highest BCUT2D eigenvalue weighted by atomic mass is 16.3. The molecule has 4 heteroatoms.